The molecule has 1 aromatic carbocycles. The van der Waals surface area contributed by atoms with Crippen LogP contribution < -0.4 is 10.1 Å². The van der Waals surface area contributed by atoms with Gasteiger partial charge in [-0.2, -0.15) is 12.6 Å². The first kappa shape index (κ1) is 25.6. The number of aromatic amines is 1. The van der Waals surface area contributed by atoms with E-state index in [0.29, 0.717) is 41.9 Å². The Morgan fingerprint density at radius 1 is 1.22 bits per heavy atom. The standard InChI is InChI=1S/C22H19ClN8O3S.ClH/c23-19-13(7-8-25-20(19)21(35)22-27-14-3-1-2-4-15(14)28-22)11-24-9-10-34-17-6-5-16-26-12-18(31(32)33)30(16)29-17;/h1-8,12,21,24,35H,9-11H2,(H,27,28);1H. The van der Waals surface area contributed by atoms with Gasteiger partial charge < -0.3 is 25.2 Å². The number of nitro groups is 1. The number of halogens is 2. The first-order valence-electron chi connectivity index (χ1n) is 10.6. The van der Waals surface area contributed by atoms with Gasteiger partial charge in [-0.3, -0.25) is 4.98 Å². The fourth-order valence-corrected chi connectivity index (χ4v) is 4.24. The van der Waals surface area contributed by atoms with Crippen LogP contribution in [0.5, 0.6) is 5.88 Å². The Bertz CT molecular complexity index is 1490. The molecule has 0 radical (unpaired) electrons. The van der Waals surface area contributed by atoms with Crippen LogP contribution in [-0.2, 0) is 6.54 Å². The van der Waals surface area contributed by atoms with Crippen molar-refractivity contribution < 1.29 is 9.66 Å². The fraction of sp³-hybridized carbons (Fsp3) is 0.182. The summed E-state index contributed by atoms with van der Waals surface area (Å²) in [5, 5.41) is 18.5. The molecule has 14 heteroatoms. The lowest BCUT2D eigenvalue weighted by molar-refractivity contribution is -0.391. The molecule has 0 amide bonds. The Balaban J connectivity index is 0.00000304. The topological polar surface area (TPSA) is 136 Å². The number of ether oxygens (including phenoxy) is 1. The average Bonchev–Trinajstić information content (AvgIpc) is 3.48. The van der Waals surface area contributed by atoms with Crippen LogP contribution >= 0.6 is 36.6 Å². The Labute approximate surface area is 221 Å². The highest BCUT2D eigenvalue weighted by atomic mass is 35.5. The third-order valence-corrected chi connectivity index (χ3v) is 6.20. The molecule has 0 spiro atoms. The second kappa shape index (κ2) is 11.1. The van der Waals surface area contributed by atoms with E-state index in [1.165, 1.54) is 0 Å². The van der Waals surface area contributed by atoms with Crippen molar-refractivity contribution in [3.05, 3.63) is 87.1 Å². The molecule has 0 saturated heterocycles. The van der Waals surface area contributed by atoms with Crippen molar-refractivity contribution in [3.63, 3.8) is 0 Å². The molecule has 11 nitrogen and oxygen atoms in total. The van der Waals surface area contributed by atoms with E-state index in [9.17, 15) is 10.1 Å². The first-order valence-corrected chi connectivity index (χ1v) is 11.5. The summed E-state index contributed by atoms with van der Waals surface area (Å²) >= 11 is 11.4. The summed E-state index contributed by atoms with van der Waals surface area (Å²) in [6.45, 7) is 1.27. The number of thiol groups is 1. The second-order valence-corrected chi connectivity index (χ2v) is 8.45. The Morgan fingerprint density at radius 3 is 2.86 bits per heavy atom. The minimum Gasteiger partial charge on any atom is -0.474 e. The van der Waals surface area contributed by atoms with E-state index in [4.69, 9.17) is 29.0 Å². The zero-order chi connectivity index (χ0) is 24.4. The number of nitrogens with one attached hydrogen (secondary N) is 2. The van der Waals surface area contributed by atoms with Crippen LogP contribution in [0.3, 0.4) is 0 Å². The monoisotopic (exact) mass is 546 g/mol. The molecular weight excluding hydrogens is 527 g/mol. The number of nitrogens with zero attached hydrogens (tertiary/aromatic N) is 6. The maximum absolute atomic E-state index is 11.1. The van der Waals surface area contributed by atoms with Crippen molar-refractivity contribution in [1.82, 2.24) is 34.9 Å². The third kappa shape index (κ3) is 5.21. The molecule has 36 heavy (non-hydrogen) atoms. The lowest BCUT2D eigenvalue weighted by Gasteiger charge is -2.13. The normalized spacial score (nSPS) is 11.9. The van der Waals surface area contributed by atoms with Gasteiger partial charge in [-0.15, -0.1) is 12.4 Å². The van der Waals surface area contributed by atoms with Crippen LogP contribution in [0.25, 0.3) is 16.7 Å². The third-order valence-electron chi connectivity index (χ3n) is 5.27. The van der Waals surface area contributed by atoms with Gasteiger partial charge in [0, 0.05) is 31.4 Å². The van der Waals surface area contributed by atoms with Crippen LogP contribution in [0, 0.1) is 10.1 Å². The minimum atomic E-state index is -0.547. The maximum Gasteiger partial charge on any atom is 0.368 e. The van der Waals surface area contributed by atoms with Crippen LogP contribution in [0.1, 0.15) is 22.3 Å². The molecule has 5 aromatic rings. The largest absolute Gasteiger partial charge is 0.474 e. The Kier molecular flexibility index (Phi) is 7.89. The molecule has 0 aliphatic rings. The van der Waals surface area contributed by atoms with Crippen LogP contribution in [0.15, 0.2) is 54.9 Å². The number of H-pyrrole nitrogens is 1. The molecule has 4 aromatic heterocycles. The summed E-state index contributed by atoms with van der Waals surface area (Å²) in [4.78, 5) is 26.7. The summed E-state index contributed by atoms with van der Waals surface area (Å²) in [7, 11) is 0. The van der Waals surface area contributed by atoms with E-state index in [2.05, 4.69) is 30.4 Å². The smallest absolute Gasteiger partial charge is 0.368 e. The van der Waals surface area contributed by atoms with Gasteiger partial charge in [0.1, 0.15) is 23.9 Å². The van der Waals surface area contributed by atoms with Crippen molar-refractivity contribution in [1.29, 1.82) is 0 Å². The number of imidazole rings is 2. The number of aromatic nitrogens is 6. The fourth-order valence-electron chi connectivity index (χ4n) is 3.56. The summed E-state index contributed by atoms with van der Waals surface area (Å²) in [5.74, 6) is 0.704. The Morgan fingerprint density at radius 2 is 2.06 bits per heavy atom. The van der Waals surface area contributed by atoms with Gasteiger partial charge in [0.2, 0.25) is 5.65 Å². The quantitative estimate of drug-likeness (QED) is 0.108. The second-order valence-electron chi connectivity index (χ2n) is 7.55. The van der Waals surface area contributed by atoms with Crippen LogP contribution in [-0.4, -0.2) is 47.6 Å². The number of fused-ring (bicyclic) bond motifs is 2. The molecule has 0 saturated carbocycles. The molecular formula is C22H20Cl2N8O3S. The first-order chi connectivity index (χ1) is 17.0. The van der Waals surface area contributed by atoms with Crippen molar-refractivity contribution in [3.8, 4) is 5.88 Å². The number of para-hydroxylation sites is 2. The number of hydrogen-bond donors (Lipinski definition) is 3. The molecule has 186 valence electrons. The van der Waals surface area contributed by atoms with Crippen molar-refractivity contribution in [2.75, 3.05) is 13.2 Å². The zero-order valence-corrected chi connectivity index (χ0v) is 21.0. The predicted molar refractivity (Wildman–Crippen MR) is 140 cm³/mol. The predicted octanol–water partition coefficient (Wildman–Crippen LogP) is 4.17. The summed E-state index contributed by atoms with van der Waals surface area (Å²) in [6.07, 6.45) is 2.85. The number of benzene rings is 1. The van der Waals surface area contributed by atoms with E-state index >= 15 is 0 Å². The van der Waals surface area contributed by atoms with Gasteiger partial charge in [-0.1, -0.05) is 28.2 Å². The zero-order valence-electron chi connectivity index (χ0n) is 18.5. The molecule has 0 aliphatic heterocycles. The van der Waals surface area contributed by atoms with Gasteiger partial charge in [-0.05, 0) is 33.8 Å². The van der Waals surface area contributed by atoms with Crippen LogP contribution in [0.4, 0.5) is 5.82 Å². The van der Waals surface area contributed by atoms with Gasteiger partial charge in [0.25, 0.3) is 5.88 Å². The van der Waals surface area contributed by atoms with E-state index in [-0.39, 0.29) is 24.1 Å². The molecule has 5 rings (SSSR count). The summed E-state index contributed by atoms with van der Waals surface area (Å²) < 4.78 is 6.76. The maximum atomic E-state index is 11.1. The molecule has 0 fully saturated rings. The summed E-state index contributed by atoms with van der Waals surface area (Å²) in [6, 6.07) is 12.8. The highest BCUT2D eigenvalue weighted by molar-refractivity contribution is 7.80. The van der Waals surface area contributed by atoms with E-state index in [1.54, 1.807) is 18.3 Å². The van der Waals surface area contributed by atoms with E-state index in [0.717, 1.165) is 27.3 Å². The highest BCUT2D eigenvalue weighted by Gasteiger charge is 2.20. The highest BCUT2D eigenvalue weighted by Crippen LogP contribution is 2.32. The Hall–Kier alpha value is -3.45. The van der Waals surface area contributed by atoms with Gasteiger partial charge in [-0.25, -0.2) is 9.97 Å². The van der Waals surface area contributed by atoms with Gasteiger partial charge in [0.05, 0.1) is 21.7 Å². The lowest BCUT2D eigenvalue weighted by Crippen LogP contribution is -2.21. The molecule has 2 N–H and O–H groups in total. The molecule has 1 unspecified atom stereocenters. The van der Waals surface area contributed by atoms with Crippen molar-refractivity contribution in [2.45, 2.75) is 11.8 Å². The van der Waals surface area contributed by atoms with Crippen molar-refractivity contribution >= 4 is 59.1 Å². The number of pyridine rings is 1. The van der Waals surface area contributed by atoms with Crippen molar-refractivity contribution in [2.24, 2.45) is 0 Å². The number of hydrogen-bond acceptors (Lipinski definition) is 9. The SMILES string of the molecule is Cl.O=[N+]([O-])c1cnc2ccc(OCCNCc3ccnc(C(S)c4nc5ccccc5[nH]4)c3Cl)nn12. The van der Waals surface area contributed by atoms with Gasteiger partial charge >= 0.3 is 5.82 Å². The van der Waals surface area contributed by atoms with E-state index < -0.39 is 10.2 Å². The molecule has 0 aliphatic carbocycles. The van der Waals surface area contributed by atoms with E-state index in [1.807, 2.05) is 30.3 Å². The van der Waals surface area contributed by atoms with Crippen LogP contribution in [0.2, 0.25) is 5.02 Å². The molecule has 0 bridgehead atoms. The summed E-state index contributed by atoms with van der Waals surface area (Å²) in [5.41, 5.74) is 3.62. The minimum absolute atomic E-state index is 0. The lowest BCUT2D eigenvalue weighted by atomic mass is 10.1. The number of rotatable bonds is 9. The van der Waals surface area contributed by atoms with Gasteiger partial charge in [0.15, 0.2) is 0 Å². The average molecular weight is 547 g/mol. The molecule has 1 atom stereocenters. The molecule has 4 heterocycles.